The van der Waals surface area contributed by atoms with Crippen LogP contribution in [0.5, 0.6) is 0 Å². The second kappa shape index (κ2) is 7.67. The second-order valence-electron chi connectivity index (χ2n) is 7.16. The fourth-order valence-electron chi connectivity index (χ4n) is 3.03. The number of carbonyl (C=O) groups excluding carboxylic acids is 2. The van der Waals surface area contributed by atoms with E-state index in [0.29, 0.717) is 0 Å². The van der Waals surface area contributed by atoms with Crippen molar-refractivity contribution in [3.8, 4) is 0 Å². The Labute approximate surface area is 165 Å². The van der Waals surface area contributed by atoms with E-state index < -0.39 is 51.2 Å². The lowest BCUT2D eigenvalue weighted by Crippen LogP contribution is -2.49. The van der Waals surface area contributed by atoms with Crippen LogP contribution in [0, 0.1) is 11.6 Å². The SMILES string of the molecule is C[C@@]1(C(=O)N[C@H]2CO[C@@H](C(=O)NS(C)(=O)=O)C2)CC(c2cc(F)cc(F)c2)=NO1. The van der Waals surface area contributed by atoms with Gasteiger partial charge in [0.15, 0.2) is 0 Å². The number of nitrogens with one attached hydrogen (secondary N) is 2. The van der Waals surface area contributed by atoms with E-state index in [1.165, 1.54) is 6.92 Å². The number of ether oxygens (including phenoxy) is 1. The Balaban J connectivity index is 1.58. The fourth-order valence-corrected chi connectivity index (χ4v) is 3.53. The van der Waals surface area contributed by atoms with Gasteiger partial charge in [0.25, 0.3) is 11.8 Å². The molecule has 1 saturated heterocycles. The third kappa shape index (κ3) is 5.07. The van der Waals surface area contributed by atoms with Gasteiger partial charge in [0.2, 0.25) is 15.6 Å². The summed E-state index contributed by atoms with van der Waals surface area (Å²) in [6.45, 7) is 1.48. The predicted molar refractivity (Wildman–Crippen MR) is 96.3 cm³/mol. The number of halogens is 2. The highest BCUT2D eigenvalue weighted by Crippen LogP contribution is 2.28. The van der Waals surface area contributed by atoms with Crippen LogP contribution in [-0.2, 0) is 29.2 Å². The van der Waals surface area contributed by atoms with E-state index >= 15 is 0 Å². The first-order valence-electron chi connectivity index (χ1n) is 8.61. The van der Waals surface area contributed by atoms with E-state index in [9.17, 15) is 26.8 Å². The van der Waals surface area contributed by atoms with Gasteiger partial charge in [-0.25, -0.2) is 17.2 Å². The van der Waals surface area contributed by atoms with Gasteiger partial charge in [-0.2, -0.15) is 0 Å². The highest BCUT2D eigenvalue weighted by Gasteiger charge is 2.44. The smallest absolute Gasteiger partial charge is 0.267 e. The number of hydrogen-bond donors (Lipinski definition) is 2. The Hall–Kier alpha value is -2.60. The molecule has 1 aromatic carbocycles. The number of rotatable bonds is 5. The van der Waals surface area contributed by atoms with Crippen molar-refractivity contribution >= 4 is 27.5 Å². The molecule has 2 amide bonds. The van der Waals surface area contributed by atoms with Gasteiger partial charge in [-0.1, -0.05) is 5.16 Å². The minimum absolute atomic E-state index is 0.00644. The molecule has 2 aliphatic rings. The fraction of sp³-hybridized carbons (Fsp3) is 0.471. The van der Waals surface area contributed by atoms with Gasteiger partial charge in [0.05, 0.1) is 24.6 Å². The number of nitrogens with zero attached hydrogens (tertiary/aromatic N) is 1. The van der Waals surface area contributed by atoms with E-state index in [0.717, 1.165) is 24.5 Å². The van der Waals surface area contributed by atoms with E-state index in [1.807, 2.05) is 4.72 Å². The molecule has 0 aromatic heterocycles. The van der Waals surface area contributed by atoms with Crippen LogP contribution in [0.2, 0.25) is 0 Å². The van der Waals surface area contributed by atoms with E-state index in [4.69, 9.17) is 9.57 Å². The largest absolute Gasteiger partial charge is 0.379 e. The van der Waals surface area contributed by atoms with Gasteiger partial charge in [-0.05, 0) is 19.1 Å². The van der Waals surface area contributed by atoms with Crippen molar-refractivity contribution in [2.24, 2.45) is 5.16 Å². The number of oxime groups is 1. The molecule has 29 heavy (non-hydrogen) atoms. The summed E-state index contributed by atoms with van der Waals surface area (Å²) in [6.07, 6.45) is -0.118. The molecule has 12 heteroatoms. The van der Waals surface area contributed by atoms with E-state index in [-0.39, 0.29) is 30.7 Å². The van der Waals surface area contributed by atoms with Gasteiger partial charge in [-0.15, -0.1) is 0 Å². The zero-order chi connectivity index (χ0) is 21.4. The summed E-state index contributed by atoms with van der Waals surface area (Å²) in [6, 6.07) is 2.35. The Morgan fingerprint density at radius 1 is 1.24 bits per heavy atom. The van der Waals surface area contributed by atoms with Gasteiger partial charge < -0.3 is 14.9 Å². The lowest BCUT2D eigenvalue weighted by molar-refractivity contribution is -0.142. The molecule has 2 N–H and O–H groups in total. The van der Waals surface area contributed by atoms with Gasteiger partial charge in [0, 0.05) is 24.5 Å². The average Bonchev–Trinajstić information content (AvgIpc) is 3.20. The van der Waals surface area contributed by atoms with Gasteiger partial charge in [-0.3, -0.25) is 14.3 Å². The van der Waals surface area contributed by atoms with E-state index in [1.54, 1.807) is 0 Å². The van der Waals surface area contributed by atoms with Crippen molar-refractivity contribution in [1.29, 1.82) is 0 Å². The Morgan fingerprint density at radius 2 is 1.90 bits per heavy atom. The molecule has 0 unspecified atom stereocenters. The molecule has 3 rings (SSSR count). The first-order chi connectivity index (χ1) is 13.4. The highest BCUT2D eigenvalue weighted by atomic mass is 32.2. The molecule has 1 aromatic rings. The van der Waals surface area contributed by atoms with Crippen LogP contribution in [0.1, 0.15) is 25.3 Å². The third-order valence-electron chi connectivity index (χ3n) is 4.45. The number of amides is 2. The highest BCUT2D eigenvalue weighted by molar-refractivity contribution is 7.89. The van der Waals surface area contributed by atoms with Crippen LogP contribution in [0.4, 0.5) is 8.78 Å². The summed E-state index contributed by atoms with van der Waals surface area (Å²) in [5, 5.41) is 6.44. The third-order valence-corrected chi connectivity index (χ3v) is 5.02. The molecule has 0 bridgehead atoms. The summed E-state index contributed by atoms with van der Waals surface area (Å²) >= 11 is 0. The number of carbonyl (C=O) groups is 2. The minimum atomic E-state index is -3.72. The lowest BCUT2D eigenvalue weighted by atomic mass is 9.94. The maximum atomic E-state index is 13.4. The summed E-state index contributed by atoms with van der Waals surface area (Å²) in [5.41, 5.74) is -1.03. The van der Waals surface area contributed by atoms with Crippen LogP contribution < -0.4 is 10.0 Å². The normalized spacial score (nSPS) is 26.6. The van der Waals surface area contributed by atoms with Gasteiger partial charge >= 0.3 is 0 Å². The number of benzene rings is 1. The lowest BCUT2D eigenvalue weighted by Gasteiger charge is -2.22. The van der Waals surface area contributed by atoms with Crippen LogP contribution in [0.25, 0.3) is 0 Å². The molecular formula is C17H19F2N3O6S. The van der Waals surface area contributed by atoms with Crippen molar-refractivity contribution in [2.75, 3.05) is 12.9 Å². The quantitative estimate of drug-likeness (QED) is 0.687. The summed E-state index contributed by atoms with van der Waals surface area (Å²) in [7, 11) is -3.72. The van der Waals surface area contributed by atoms with Crippen LogP contribution in [0.3, 0.4) is 0 Å². The minimum Gasteiger partial charge on any atom is -0.379 e. The second-order valence-corrected chi connectivity index (χ2v) is 8.91. The molecule has 0 spiro atoms. The molecular weight excluding hydrogens is 412 g/mol. The van der Waals surface area contributed by atoms with Crippen molar-refractivity contribution in [2.45, 2.75) is 37.5 Å². The van der Waals surface area contributed by atoms with Crippen LogP contribution in [0.15, 0.2) is 23.4 Å². The molecule has 0 saturated carbocycles. The summed E-state index contributed by atoms with van der Waals surface area (Å²) in [4.78, 5) is 29.7. The standard InChI is InChI=1S/C17H19F2N3O6S/c1-17(7-13(21-28-17)9-3-10(18)5-11(19)4-9)16(24)20-12-6-14(27-8-12)15(23)22-29(2,25)26/h3-5,12,14H,6-8H2,1-2H3,(H,20,24)(H,22,23)/t12-,14-,17+/m1/s1. The van der Waals surface area contributed by atoms with Crippen molar-refractivity contribution < 1.29 is 36.4 Å². The number of sulfonamides is 1. The topological polar surface area (TPSA) is 123 Å². The van der Waals surface area contributed by atoms with Crippen molar-refractivity contribution in [3.05, 3.63) is 35.4 Å². The Bertz CT molecular complexity index is 963. The molecule has 3 atom stereocenters. The van der Waals surface area contributed by atoms with E-state index in [2.05, 4.69) is 10.5 Å². The molecule has 0 aliphatic carbocycles. The molecule has 0 radical (unpaired) electrons. The first kappa shape index (κ1) is 21.1. The average molecular weight is 431 g/mol. The van der Waals surface area contributed by atoms with Crippen molar-refractivity contribution in [3.63, 3.8) is 0 Å². The zero-order valence-electron chi connectivity index (χ0n) is 15.6. The maximum absolute atomic E-state index is 13.4. The van der Waals surface area contributed by atoms with Crippen LogP contribution in [-0.4, -0.2) is 56.6 Å². The summed E-state index contributed by atoms with van der Waals surface area (Å²) in [5.74, 6) is -2.92. The predicted octanol–water partition coefficient (Wildman–Crippen LogP) is 0.197. The van der Waals surface area contributed by atoms with Gasteiger partial charge in [0.1, 0.15) is 17.7 Å². The van der Waals surface area contributed by atoms with Crippen molar-refractivity contribution in [1.82, 2.24) is 10.0 Å². The van der Waals surface area contributed by atoms with Crippen LogP contribution >= 0.6 is 0 Å². The summed E-state index contributed by atoms with van der Waals surface area (Å²) < 4.78 is 56.1. The monoisotopic (exact) mass is 431 g/mol. The Morgan fingerprint density at radius 3 is 2.52 bits per heavy atom. The zero-order valence-corrected chi connectivity index (χ0v) is 16.4. The first-order valence-corrected chi connectivity index (χ1v) is 10.5. The molecule has 9 nitrogen and oxygen atoms in total. The maximum Gasteiger partial charge on any atom is 0.267 e. The molecule has 1 fully saturated rings. The molecule has 158 valence electrons. The molecule has 2 heterocycles. The number of hydrogen-bond acceptors (Lipinski definition) is 7. The Kier molecular flexibility index (Phi) is 5.59. The molecule has 2 aliphatic heterocycles.